The average molecular weight is 305 g/mol. The minimum Gasteiger partial charge on any atom is -0.480 e. The summed E-state index contributed by atoms with van der Waals surface area (Å²) in [6.07, 6.45) is 2.30. The van der Waals surface area contributed by atoms with Crippen LogP contribution in [0.3, 0.4) is 0 Å². The van der Waals surface area contributed by atoms with Crippen molar-refractivity contribution in [3.05, 3.63) is 0 Å². The van der Waals surface area contributed by atoms with Crippen LogP contribution in [-0.4, -0.2) is 53.5 Å². The number of hydrogen-bond acceptors (Lipinski definition) is 5. The van der Waals surface area contributed by atoms with Crippen molar-refractivity contribution >= 4 is 29.5 Å². The van der Waals surface area contributed by atoms with Gasteiger partial charge >= 0.3 is 5.97 Å². The molecule has 0 spiro atoms. The predicted octanol–water partition coefficient (Wildman–Crippen LogP) is -0.592. The summed E-state index contributed by atoms with van der Waals surface area (Å²) >= 11 is 1.53. The molecule has 0 fully saturated rings. The Morgan fingerprint density at radius 3 is 2.30 bits per heavy atom. The zero-order valence-electron chi connectivity index (χ0n) is 12.0. The number of nitrogens with two attached hydrogens (primary N) is 1. The number of thioether (sulfide) groups is 1. The summed E-state index contributed by atoms with van der Waals surface area (Å²) < 4.78 is 0. The van der Waals surface area contributed by atoms with Crippen molar-refractivity contribution < 1.29 is 19.5 Å². The molecule has 0 aromatic heterocycles. The topological polar surface area (TPSA) is 122 Å². The Morgan fingerprint density at radius 2 is 1.85 bits per heavy atom. The van der Waals surface area contributed by atoms with Crippen molar-refractivity contribution in [2.75, 3.05) is 18.6 Å². The zero-order valence-corrected chi connectivity index (χ0v) is 12.8. The van der Waals surface area contributed by atoms with Crippen molar-refractivity contribution in [1.82, 2.24) is 10.6 Å². The summed E-state index contributed by atoms with van der Waals surface area (Å²) in [5.41, 5.74) is 5.72. The van der Waals surface area contributed by atoms with Gasteiger partial charge in [0.05, 0.1) is 6.04 Å². The van der Waals surface area contributed by atoms with Crippen LogP contribution in [0.15, 0.2) is 0 Å². The van der Waals surface area contributed by atoms with Crippen LogP contribution in [0.5, 0.6) is 0 Å². The van der Waals surface area contributed by atoms with Gasteiger partial charge in [-0.3, -0.25) is 14.4 Å². The summed E-state index contributed by atoms with van der Waals surface area (Å²) in [6, 6.07) is -1.46. The summed E-state index contributed by atoms with van der Waals surface area (Å²) in [5.74, 6) is -1.42. The van der Waals surface area contributed by atoms with Crippen molar-refractivity contribution in [3.8, 4) is 0 Å². The van der Waals surface area contributed by atoms with Crippen LogP contribution in [-0.2, 0) is 14.4 Å². The SMILES string of the molecule is CSCC[C@H](NC(=O)[C@@H](N)C(C)C)C(=O)NCC(=O)O. The molecule has 2 amide bonds. The lowest BCUT2D eigenvalue weighted by molar-refractivity contribution is -0.138. The van der Waals surface area contributed by atoms with E-state index in [2.05, 4.69) is 10.6 Å². The number of carbonyl (C=O) groups excluding carboxylic acids is 2. The number of carbonyl (C=O) groups is 3. The molecule has 116 valence electrons. The van der Waals surface area contributed by atoms with Gasteiger partial charge in [-0.2, -0.15) is 11.8 Å². The van der Waals surface area contributed by atoms with Gasteiger partial charge < -0.3 is 21.5 Å². The second-order valence-corrected chi connectivity index (χ2v) is 5.71. The molecule has 0 unspecified atom stereocenters. The van der Waals surface area contributed by atoms with E-state index in [4.69, 9.17) is 10.8 Å². The molecule has 5 N–H and O–H groups in total. The molecule has 0 aliphatic carbocycles. The Kier molecular flexibility index (Phi) is 8.98. The maximum Gasteiger partial charge on any atom is 0.322 e. The minimum absolute atomic E-state index is 0.0433. The molecule has 0 bridgehead atoms. The first-order valence-electron chi connectivity index (χ1n) is 6.34. The maximum atomic E-state index is 11.9. The first-order chi connectivity index (χ1) is 9.29. The van der Waals surface area contributed by atoms with Gasteiger partial charge in [0.15, 0.2) is 0 Å². The van der Waals surface area contributed by atoms with E-state index in [1.807, 2.05) is 20.1 Å². The van der Waals surface area contributed by atoms with Crippen molar-refractivity contribution in [1.29, 1.82) is 0 Å². The van der Waals surface area contributed by atoms with E-state index in [0.717, 1.165) is 0 Å². The predicted molar refractivity (Wildman–Crippen MR) is 78.4 cm³/mol. The molecular weight excluding hydrogens is 282 g/mol. The number of rotatable bonds is 9. The molecule has 0 aliphatic rings. The van der Waals surface area contributed by atoms with Gasteiger partial charge in [0.2, 0.25) is 11.8 Å². The quantitative estimate of drug-likeness (QED) is 0.452. The molecule has 0 heterocycles. The van der Waals surface area contributed by atoms with E-state index in [0.29, 0.717) is 12.2 Å². The molecule has 8 heteroatoms. The molecule has 0 aromatic rings. The Morgan fingerprint density at radius 1 is 1.25 bits per heavy atom. The highest BCUT2D eigenvalue weighted by Crippen LogP contribution is 2.04. The fourth-order valence-electron chi connectivity index (χ4n) is 1.36. The van der Waals surface area contributed by atoms with E-state index < -0.39 is 36.4 Å². The third kappa shape index (κ3) is 7.34. The summed E-state index contributed by atoms with van der Waals surface area (Å²) in [5, 5.41) is 13.4. The Labute approximate surface area is 123 Å². The standard InChI is InChI=1S/C12H23N3O4S/c1-7(2)10(13)12(19)15-8(4-5-20-3)11(18)14-6-9(16)17/h7-8,10H,4-6,13H2,1-3H3,(H,14,18)(H,15,19)(H,16,17)/t8-,10-/m0/s1. The Hall–Kier alpha value is -1.28. The van der Waals surface area contributed by atoms with Gasteiger partial charge in [-0.05, 0) is 24.3 Å². The van der Waals surface area contributed by atoms with E-state index in [1.165, 1.54) is 11.8 Å². The monoisotopic (exact) mass is 305 g/mol. The van der Waals surface area contributed by atoms with E-state index in [9.17, 15) is 14.4 Å². The largest absolute Gasteiger partial charge is 0.480 e. The number of aliphatic carboxylic acids is 1. The highest BCUT2D eigenvalue weighted by atomic mass is 32.2. The number of amides is 2. The van der Waals surface area contributed by atoms with Gasteiger partial charge in [-0.15, -0.1) is 0 Å². The number of hydrogen-bond donors (Lipinski definition) is 4. The van der Waals surface area contributed by atoms with Crippen LogP contribution < -0.4 is 16.4 Å². The number of nitrogens with one attached hydrogen (secondary N) is 2. The molecule has 0 rings (SSSR count). The van der Waals surface area contributed by atoms with Crippen molar-refractivity contribution in [2.24, 2.45) is 11.7 Å². The van der Waals surface area contributed by atoms with Crippen LogP contribution in [0.2, 0.25) is 0 Å². The third-order valence-corrected chi connectivity index (χ3v) is 3.32. The van der Waals surface area contributed by atoms with E-state index >= 15 is 0 Å². The molecule has 7 nitrogen and oxygen atoms in total. The van der Waals surface area contributed by atoms with E-state index in [1.54, 1.807) is 0 Å². The van der Waals surface area contributed by atoms with E-state index in [-0.39, 0.29) is 5.92 Å². The number of carboxylic acids is 1. The molecule has 0 aliphatic heterocycles. The zero-order chi connectivity index (χ0) is 15.7. The smallest absolute Gasteiger partial charge is 0.322 e. The lowest BCUT2D eigenvalue weighted by Gasteiger charge is -2.21. The van der Waals surface area contributed by atoms with Crippen LogP contribution in [0, 0.1) is 5.92 Å². The molecule has 0 saturated heterocycles. The van der Waals surface area contributed by atoms with Gasteiger partial charge in [0.25, 0.3) is 0 Å². The molecule has 0 radical (unpaired) electrons. The van der Waals surface area contributed by atoms with Crippen LogP contribution in [0.1, 0.15) is 20.3 Å². The lowest BCUT2D eigenvalue weighted by Crippen LogP contribution is -2.53. The second-order valence-electron chi connectivity index (χ2n) is 4.72. The molecule has 20 heavy (non-hydrogen) atoms. The summed E-state index contributed by atoms with van der Waals surface area (Å²) in [7, 11) is 0. The lowest BCUT2D eigenvalue weighted by atomic mass is 10.0. The molecule has 0 aromatic carbocycles. The summed E-state index contributed by atoms with van der Waals surface area (Å²) in [4.78, 5) is 34.1. The average Bonchev–Trinajstić information content (AvgIpc) is 2.39. The van der Waals surface area contributed by atoms with Gasteiger partial charge in [0, 0.05) is 0 Å². The fourth-order valence-corrected chi connectivity index (χ4v) is 1.83. The highest BCUT2D eigenvalue weighted by Gasteiger charge is 2.24. The maximum absolute atomic E-state index is 11.9. The minimum atomic E-state index is -1.13. The molecular formula is C12H23N3O4S. The van der Waals surface area contributed by atoms with Crippen molar-refractivity contribution in [2.45, 2.75) is 32.4 Å². The Balaban J connectivity index is 4.58. The third-order valence-electron chi connectivity index (χ3n) is 2.68. The first-order valence-corrected chi connectivity index (χ1v) is 7.73. The normalized spacial score (nSPS) is 13.7. The highest BCUT2D eigenvalue weighted by molar-refractivity contribution is 7.98. The van der Waals surface area contributed by atoms with Crippen LogP contribution in [0.25, 0.3) is 0 Å². The Bertz CT molecular complexity index is 350. The van der Waals surface area contributed by atoms with Gasteiger partial charge in [-0.1, -0.05) is 13.8 Å². The summed E-state index contributed by atoms with van der Waals surface area (Å²) in [6.45, 7) is 3.15. The van der Waals surface area contributed by atoms with Gasteiger partial charge in [-0.25, -0.2) is 0 Å². The van der Waals surface area contributed by atoms with Gasteiger partial charge in [0.1, 0.15) is 12.6 Å². The molecule has 2 atom stereocenters. The van der Waals surface area contributed by atoms with Crippen LogP contribution >= 0.6 is 11.8 Å². The second kappa shape index (κ2) is 9.60. The molecule has 0 saturated carbocycles. The fraction of sp³-hybridized carbons (Fsp3) is 0.750. The first kappa shape index (κ1) is 18.7. The van der Waals surface area contributed by atoms with Crippen molar-refractivity contribution in [3.63, 3.8) is 0 Å². The van der Waals surface area contributed by atoms with Crippen LogP contribution in [0.4, 0.5) is 0 Å². The number of carboxylic acid groups (broad SMARTS) is 1.